The number of hydrogen-bond donors (Lipinski definition) is 1. The number of amides is 1. The SMILES string of the molecule is O=C(Cn1c(-c2cc(Cl)ccc2Cl)nc2cc(Cl)ccc21)Nc1cc(Cl)cc(Cl)c1. The van der Waals surface area contributed by atoms with E-state index >= 15 is 0 Å². The van der Waals surface area contributed by atoms with E-state index in [0.717, 1.165) is 5.52 Å². The number of benzene rings is 3. The van der Waals surface area contributed by atoms with Crippen molar-refractivity contribution in [2.45, 2.75) is 6.54 Å². The molecule has 0 fully saturated rings. The summed E-state index contributed by atoms with van der Waals surface area (Å²) in [6.07, 6.45) is 0. The molecule has 0 saturated heterocycles. The Balaban J connectivity index is 1.77. The van der Waals surface area contributed by atoms with Crippen LogP contribution in [0, 0.1) is 0 Å². The van der Waals surface area contributed by atoms with E-state index in [0.29, 0.717) is 47.7 Å². The number of nitrogens with one attached hydrogen (secondary N) is 1. The molecule has 0 aliphatic carbocycles. The largest absolute Gasteiger partial charge is 0.324 e. The maximum atomic E-state index is 12.8. The first-order valence-corrected chi connectivity index (χ1v) is 10.6. The maximum Gasteiger partial charge on any atom is 0.244 e. The molecule has 0 radical (unpaired) electrons. The van der Waals surface area contributed by atoms with Gasteiger partial charge in [-0.15, -0.1) is 0 Å². The molecular weight excluding hydrogens is 488 g/mol. The summed E-state index contributed by atoms with van der Waals surface area (Å²) in [6.45, 7) is -0.0273. The fraction of sp³-hybridized carbons (Fsp3) is 0.0476. The van der Waals surface area contributed by atoms with Gasteiger partial charge in [-0.3, -0.25) is 4.79 Å². The second kappa shape index (κ2) is 8.66. The molecule has 30 heavy (non-hydrogen) atoms. The van der Waals surface area contributed by atoms with Gasteiger partial charge in [-0.25, -0.2) is 4.98 Å². The Morgan fingerprint density at radius 2 is 1.50 bits per heavy atom. The zero-order valence-corrected chi connectivity index (χ0v) is 18.9. The van der Waals surface area contributed by atoms with Crippen LogP contribution in [0.5, 0.6) is 0 Å². The minimum Gasteiger partial charge on any atom is -0.324 e. The van der Waals surface area contributed by atoms with E-state index in [2.05, 4.69) is 10.3 Å². The molecule has 1 N–H and O–H groups in total. The van der Waals surface area contributed by atoms with Crippen molar-refractivity contribution >= 4 is 80.6 Å². The number of rotatable bonds is 4. The quantitative estimate of drug-likeness (QED) is 0.314. The highest BCUT2D eigenvalue weighted by Gasteiger charge is 2.18. The van der Waals surface area contributed by atoms with Crippen molar-refractivity contribution in [3.63, 3.8) is 0 Å². The van der Waals surface area contributed by atoms with E-state index < -0.39 is 0 Å². The topological polar surface area (TPSA) is 46.9 Å². The van der Waals surface area contributed by atoms with Gasteiger partial charge < -0.3 is 9.88 Å². The van der Waals surface area contributed by atoms with Gasteiger partial charge in [0, 0.05) is 31.3 Å². The van der Waals surface area contributed by atoms with Crippen molar-refractivity contribution in [3.8, 4) is 11.4 Å². The Kier molecular flexibility index (Phi) is 6.14. The van der Waals surface area contributed by atoms with Gasteiger partial charge in [0.25, 0.3) is 0 Å². The van der Waals surface area contributed by atoms with Crippen molar-refractivity contribution in [2.75, 3.05) is 5.32 Å². The van der Waals surface area contributed by atoms with Crippen molar-refractivity contribution < 1.29 is 4.79 Å². The molecule has 3 aromatic carbocycles. The third kappa shape index (κ3) is 4.53. The van der Waals surface area contributed by atoms with Gasteiger partial charge >= 0.3 is 0 Å². The Labute approximate surface area is 197 Å². The summed E-state index contributed by atoms with van der Waals surface area (Å²) < 4.78 is 1.75. The van der Waals surface area contributed by atoms with Crippen molar-refractivity contribution in [2.24, 2.45) is 0 Å². The molecule has 0 unspecified atom stereocenters. The molecular formula is C21H12Cl5N3O. The van der Waals surface area contributed by atoms with Crippen LogP contribution in [0.25, 0.3) is 22.4 Å². The van der Waals surface area contributed by atoms with Gasteiger partial charge in [0.15, 0.2) is 0 Å². The second-order valence-corrected chi connectivity index (χ2v) is 8.64. The summed E-state index contributed by atoms with van der Waals surface area (Å²) in [5.41, 5.74) is 2.46. The lowest BCUT2D eigenvalue weighted by atomic mass is 10.2. The van der Waals surface area contributed by atoms with Crippen LogP contribution >= 0.6 is 58.0 Å². The molecule has 0 aliphatic heterocycles. The number of hydrogen-bond acceptors (Lipinski definition) is 2. The summed E-state index contributed by atoms with van der Waals surface area (Å²) in [7, 11) is 0. The number of nitrogens with zero attached hydrogens (tertiary/aromatic N) is 2. The first kappa shape index (κ1) is 21.3. The average Bonchev–Trinajstić information content (AvgIpc) is 3.00. The minimum atomic E-state index is -0.290. The van der Waals surface area contributed by atoms with E-state index in [1.807, 2.05) is 0 Å². The van der Waals surface area contributed by atoms with Crippen molar-refractivity contribution in [1.29, 1.82) is 0 Å². The summed E-state index contributed by atoms with van der Waals surface area (Å²) in [5, 5.41) is 5.15. The number of anilines is 1. The molecule has 0 saturated carbocycles. The number of carbonyl (C=O) groups excluding carboxylic acids is 1. The van der Waals surface area contributed by atoms with Crippen LogP contribution in [-0.2, 0) is 11.3 Å². The number of imidazole rings is 1. The molecule has 4 aromatic rings. The van der Waals surface area contributed by atoms with E-state index in [-0.39, 0.29) is 12.5 Å². The molecule has 4 nitrogen and oxygen atoms in total. The molecule has 0 atom stereocenters. The highest BCUT2D eigenvalue weighted by molar-refractivity contribution is 6.36. The van der Waals surface area contributed by atoms with Crippen molar-refractivity contribution in [3.05, 3.63) is 79.7 Å². The number of fused-ring (bicyclic) bond motifs is 1. The summed E-state index contributed by atoms with van der Waals surface area (Å²) in [6, 6.07) is 15.2. The Bertz CT molecular complexity index is 1270. The Hall–Kier alpha value is -1.95. The highest BCUT2D eigenvalue weighted by Crippen LogP contribution is 2.33. The third-order valence-corrected chi connectivity index (χ3v) is 5.56. The number of carbonyl (C=O) groups is 1. The maximum absolute atomic E-state index is 12.8. The molecule has 9 heteroatoms. The number of aromatic nitrogens is 2. The van der Waals surface area contributed by atoms with Crippen LogP contribution in [0.4, 0.5) is 5.69 Å². The van der Waals surface area contributed by atoms with Gasteiger partial charge in [-0.2, -0.15) is 0 Å². The molecule has 1 amide bonds. The van der Waals surface area contributed by atoms with E-state index in [1.54, 1.807) is 59.2 Å². The predicted octanol–water partition coefficient (Wildman–Crippen LogP) is 7.61. The number of halogens is 5. The van der Waals surface area contributed by atoms with Gasteiger partial charge in [0.2, 0.25) is 5.91 Å². The van der Waals surface area contributed by atoms with Crippen LogP contribution in [0.3, 0.4) is 0 Å². The van der Waals surface area contributed by atoms with E-state index in [1.165, 1.54) is 0 Å². The lowest BCUT2D eigenvalue weighted by molar-refractivity contribution is -0.116. The van der Waals surface area contributed by atoms with Crippen LogP contribution in [-0.4, -0.2) is 15.5 Å². The van der Waals surface area contributed by atoms with E-state index in [4.69, 9.17) is 58.0 Å². The van der Waals surface area contributed by atoms with Crippen LogP contribution < -0.4 is 5.32 Å². The summed E-state index contributed by atoms with van der Waals surface area (Å²) in [5.74, 6) is 0.209. The Morgan fingerprint density at radius 3 is 2.23 bits per heavy atom. The van der Waals surface area contributed by atoms with Crippen LogP contribution in [0.15, 0.2) is 54.6 Å². The van der Waals surface area contributed by atoms with Crippen LogP contribution in [0.1, 0.15) is 0 Å². The Morgan fingerprint density at radius 1 is 0.833 bits per heavy atom. The molecule has 4 rings (SSSR count). The lowest BCUT2D eigenvalue weighted by Gasteiger charge is -2.12. The molecule has 0 spiro atoms. The van der Waals surface area contributed by atoms with Crippen molar-refractivity contribution in [1.82, 2.24) is 9.55 Å². The standard InChI is InChI=1S/C21H12Cl5N3O/c22-11-1-3-17(26)16(8-11)21-28-18-9-12(23)2-4-19(18)29(21)10-20(30)27-15-6-13(24)5-14(25)7-15/h1-9H,10H2,(H,27,30). The summed E-state index contributed by atoms with van der Waals surface area (Å²) >= 11 is 30.7. The lowest BCUT2D eigenvalue weighted by Crippen LogP contribution is -2.19. The van der Waals surface area contributed by atoms with Gasteiger partial charge in [0.1, 0.15) is 12.4 Å². The first-order chi connectivity index (χ1) is 14.3. The monoisotopic (exact) mass is 497 g/mol. The highest BCUT2D eigenvalue weighted by atomic mass is 35.5. The van der Waals surface area contributed by atoms with Gasteiger partial charge in [0.05, 0.1) is 16.1 Å². The first-order valence-electron chi connectivity index (χ1n) is 8.67. The molecule has 1 heterocycles. The zero-order chi connectivity index (χ0) is 21.4. The van der Waals surface area contributed by atoms with Crippen LogP contribution in [0.2, 0.25) is 25.1 Å². The minimum absolute atomic E-state index is 0.0273. The molecule has 152 valence electrons. The normalized spacial score (nSPS) is 11.1. The van der Waals surface area contributed by atoms with Gasteiger partial charge in [-0.05, 0) is 54.6 Å². The zero-order valence-electron chi connectivity index (χ0n) is 15.1. The molecule has 0 aliphatic rings. The fourth-order valence-electron chi connectivity index (χ4n) is 3.11. The molecule has 1 aromatic heterocycles. The smallest absolute Gasteiger partial charge is 0.244 e. The van der Waals surface area contributed by atoms with Gasteiger partial charge in [-0.1, -0.05) is 58.0 Å². The predicted molar refractivity (Wildman–Crippen MR) is 125 cm³/mol. The second-order valence-electron chi connectivity index (χ2n) is 6.49. The van der Waals surface area contributed by atoms with E-state index in [9.17, 15) is 4.79 Å². The summed E-state index contributed by atoms with van der Waals surface area (Å²) in [4.78, 5) is 17.5. The third-order valence-electron chi connectivity index (χ3n) is 4.33. The molecule has 0 bridgehead atoms. The fourth-order valence-corrected chi connectivity index (χ4v) is 4.17. The average molecular weight is 500 g/mol.